The Morgan fingerprint density at radius 1 is 1.06 bits per heavy atom. The van der Waals surface area contributed by atoms with Crippen molar-refractivity contribution in [3.05, 3.63) is 87.6 Å². The second-order valence-electron chi connectivity index (χ2n) is 12.9. The molecular weight excluding hydrogens is 642 g/mol. The Morgan fingerprint density at radius 2 is 1.75 bits per heavy atom. The number of hydrogen-bond donors (Lipinski definition) is 2. The molecule has 3 aromatic carbocycles. The van der Waals surface area contributed by atoms with Gasteiger partial charge in [0.05, 0.1) is 10.1 Å². The zero-order valence-corrected chi connectivity index (χ0v) is 28.4. The predicted molar refractivity (Wildman–Crippen MR) is 170 cm³/mol. The number of phenolic OH excluding ortho intramolecular Hbond substituents is 1. The van der Waals surface area contributed by atoms with E-state index in [-0.39, 0.29) is 33.3 Å². The molecule has 0 radical (unpaired) electrons. The largest absolute Gasteiger partial charge is 0.507 e. The second kappa shape index (κ2) is 12.5. The Labute approximate surface area is 277 Å². The highest BCUT2D eigenvalue weighted by atomic mass is 32.2. The molecule has 2 unspecified atom stereocenters. The first-order chi connectivity index (χ1) is 22.4. The molecule has 1 aliphatic rings. The minimum atomic E-state index is -4.40. The van der Waals surface area contributed by atoms with Gasteiger partial charge in [0.25, 0.3) is 15.7 Å². The standard InChI is InChI=1S/C34H37N3O10S/c1-19-20(2)27-25(21(3)26(19)38)16-17-34(7,46-27)32(40)45-28(29(39)35-33(4,5)6)22-12-11-13-23(18-22)44-30-31(37(41)47-36-30)48(42,43)24-14-9-8-10-15-24/h8-15,18,28,38H,16-17H2,1-7H3,(H,35,39). The molecule has 48 heavy (non-hydrogen) atoms. The monoisotopic (exact) mass is 679 g/mol. The highest BCUT2D eigenvalue weighted by Gasteiger charge is 2.44. The summed E-state index contributed by atoms with van der Waals surface area (Å²) in [6.45, 7) is 12.3. The molecule has 2 N–H and O–H groups in total. The number of aromatic nitrogens is 2. The maximum absolute atomic E-state index is 13.9. The van der Waals surface area contributed by atoms with Crippen LogP contribution in [0.25, 0.3) is 0 Å². The van der Waals surface area contributed by atoms with Crippen molar-refractivity contribution in [3.8, 4) is 23.1 Å². The molecule has 0 saturated carbocycles. The number of esters is 1. The SMILES string of the molecule is Cc1c(C)c2c(c(C)c1O)CCC(C)(C(=O)OC(C(=O)NC(C)(C)C)c1cccc(Oc3no[n+]([O-])c3S(=O)(=O)c3ccccc3)c1)O2. The number of sulfone groups is 1. The summed E-state index contributed by atoms with van der Waals surface area (Å²) in [5.74, 6) is -1.41. The van der Waals surface area contributed by atoms with Crippen molar-refractivity contribution in [2.75, 3.05) is 0 Å². The fraction of sp³-hybridized carbons (Fsp3) is 0.353. The summed E-state index contributed by atoms with van der Waals surface area (Å²) >= 11 is 0. The Balaban J connectivity index is 1.47. The van der Waals surface area contributed by atoms with E-state index in [1.54, 1.807) is 54.5 Å². The van der Waals surface area contributed by atoms with E-state index < -0.39 is 49.9 Å². The van der Waals surface area contributed by atoms with E-state index in [0.29, 0.717) is 28.9 Å². The highest BCUT2D eigenvalue weighted by Crippen LogP contribution is 2.44. The maximum atomic E-state index is 13.9. The van der Waals surface area contributed by atoms with E-state index in [9.17, 15) is 28.3 Å². The van der Waals surface area contributed by atoms with Gasteiger partial charge in [-0.05, 0) is 101 Å². The molecule has 0 spiro atoms. The van der Waals surface area contributed by atoms with Gasteiger partial charge >= 0.3 is 16.9 Å². The summed E-state index contributed by atoms with van der Waals surface area (Å²) in [5, 5.41) is 28.4. The second-order valence-corrected chi connectivity index (χ2v) is 14.8. The van der Waals surface area contributed by atoms with Crippen molar-refractivity contribution in [1.82, 2.24) is 10.5 Å². The van der Waals surface area contributed by atoms with Crippen LogP contribution in [0.15, 0.2) is 69.1 Å². The molecule has 1 aliphatic heterocycles. The molecule has 0 aliphatic carbocycles. The van der Waals surface area contributed by atoms with Crippen LogP contribution in [-0.4, -0.2) is 41.7 Å². The number of fused-ring (bicyclic) bond motifs is 1. The molecule has 14 heteroatoms. The third-order valence-electron chi connectivity index (χ3n) is 8.14. The van der Waals surface area contributed by atoms with Gasteiger partial charge in [-0.25, -0.2) is 13.2 Å². The first-order valence-corrected chi connectivity index (χ1v) is 16.6. The fourth-order valence-corrected chi connectivity index (χ4v) is 6.68. The maximum Gasteiger partial charge on any atom is 0.420 e. The third-order valence-corrected chi connectivity index (χ3v) is 9.87. The first kappa shape index (κ1) is 34.2. The topological polar surface area (TPSA) is 181 Å². The van der Waals surface area contributed by atoms with Crippen molar-refractivity contribution >= 4 is 21.7 Å². The number of carbonyl (C=O) groups is 2. The summed E-state index contributed by atoms with van der Waals surface area (Å²) in [4.78, 5) is 27.0. The van der Waals surface area contributed by atoms with Crippen LogP contribution in [0.4, 0.5) is 0 Å². The van der Waals surface area contributed by atoms with Crippen LogP contribution < -0.4 is 19.7 Å². The number of ether oxygens (including phenoxy) is 3. The van der Waals surface area contributed by atoms with Gasteiger partial charge in [-0.2, -0.15) is 0 Å². The van der Waals surface area contributed by atoms with Crippen molar-refractivity contribution in [1.29, 1.82) is 0 Å². The lowest BCUT2D eigenvalue weighted by molar-refractivity contribution is -0.832. The molecule has 0 bridgehead atoms. The van der Waals surface area contributed by atoms with E-state index >= 15 is 0 Å². The van der Waals surface area contributed by atoms with E-state index in [0.717, 1.165) is 5.56 Å². The first-order valence-electron chi connectivity index (χ1n) is 15.1. The molecule has 0 saturated heterocycles. The number of rotatable bonds is 8. The number of phenols is 1. The summed E-state index contributed by atoms with van der Waals surface area (Å²) in [6.07, 6.45) is -0.839. The van der Waals surface area contributed by atoms with Crippen molar-refractivity contribution in [3.63, 3.8) is 0 Å². The summed E-state index contributed by atoms with van der Waals surface area (Å²) < 4.78 is 49.0. The summed E-state index contributed by atoms with van der Waals surface area (Å²) in [5.41, 5.74) is 0.826. The van der Waals surface area contributed by atoms with Crippen LogP contribution in [0.5, 0.6) is 23.1 Å². The van der Waals surface area contributed by atoms with Gasteiger partial charge in [-0.15, -0.1) is 0 Å². The Kier molecular flexibility index (Phi) is 8.91. The molecule has 5 rings (SSSR count). The van der Waals surface area contributed by atoms with Crippen LogP contribution in [0, 0.1) is 26.0 Å². The molecule has 254 valence electrons. The molecule has 1 aromatic heterocycles. The van der Waals surface area contributed by atoms with E-state index in [4.69, 9.17) is 14.2 Å². The Bertz CT molecular complexity index is 2000. The zero-order valence-electron chi connectivity index (χ0n) is 27.6. The number of nitrogens with one attached hydrogen (secondary N) is 1. The highest BCUT2D eigenvalue weighted by molar-refractivity contribution is 7.91. The fourth-order valence-electron chi connectivity index (χ4n) is 5.40. The molecule has 1 amide bonds. The van der Waals surface area contributed by atoms with Crippen molar-refractivity contribution in [2.24, 2.45) is 0 Å². The normalized spacial score (nSPS) is 16.7. The lowest BCUT2D eigenvalue weighted by atomic mass is 9.87. The van der Waals surface area contributed by atoms with Gasteiger partial charge in [0.15, 0.2) is 0 Å². The molecule has 0 fully saturated rings. The van der Waals surface area contributed by atoms with E-state index in [1.807, 2.05) is 0 Å². The third kappa shape index (κ3) is 6.52. The average Bonchev–Trinajstić information content (AvgIpc) is 3.41. The molecular formula is C34H37N3O10S. The molecule has 4 aromatic rings. The van der Waals surface area contributed by atoms with Gasteiger partial charge in [-0.3, -0.25) is 9.42 Å². The predicted octanol–water partition coefficient (Wildman–Crippen LogP) is 4.85. The van der Waals surface area contributed by atoms with Gasteiger partial charge in [-0.1, -0.05) is 30.3 Å². The average molecular weight is 680 g/mol. The zero-order chi connectivity index (χ0) is 35.2. The van der Waals surface area contributed by atoms with Crippen LogP contribution in [0.3, 0.4) is 0 Å². The van der Waals surface area contributed by atoms with Crippen LogP contribution >= 0.6 is 0 Å². The van der Waals surface area contributed by atoms with Gasteiger partial charge in [0.2, 0.25) is 11.7 Å². The number of nitrogens with zero attached hydrogens (tertiary/aromatic N) is 2. The number of carbonyl (C=O) groups excluding carboxylic acids is 2. The van der Waals surface area contributed by atoms with Gasteiger partial charge in [0, 0.05) is 23.1 Å². The number of benzene rings is 3. The van der Waals surface area contributed by atoms with E-state index in [1.165, 1.54) is 48.5 Å². The van der Waals surface area contributed by atoms with Crippen LogP contribution in [0.2, 0.25) is 0 Å². The van der Waals surface area contributed by atoms with Crippen LogP contribution in [-0.2, 0) is 30.6 Å². The van der Waals surface area contributed by atoms with Crippen LogP contribution in [0.1, 0.15) is 68.0 Å². The molecule has 2 heterocycles. The minimum absolute atomic E-state index is 0.0223. The molecule has 13 nitrogen and oxygen atoms in total. The number of aromatic hydroxyl groups is 1. The lowest BCUT2D eigenvalue weighted by Gasteiger charge is -2.37. The lowest BCUT2D eigenvalue weighted by Crippen LogP contribution is -2.49. The summed E-state index contributed by atoms with van der Waals surface area (Å²) in [7, 11) is -4.40. The Hall–Kier alpha value is -5.11. The Morgan fingerprint density at radius 3 is 2.42 bits per heavy atom. The van der Waals surface area contributed by atoms with Gasteiger partial charge < -0.3 is 29.8 Å². The van der Waals surface area contributed by atoms with E-state index in [2.05, 4.69) is 15.1 Å². The summed E-state index contributed by atoms with van der Waals surface area (Å²) in [6, 6.07) is 13.1. The minimum Gasteiger partial charge on any atom is -0.507 e. The smallest absolute Gasteiger partial charge is 0.420 e. The quantitative estimate of drug-likeness (QED) is 0.192. The number of hydrogen-bond acceptors (Lipinski definition) is 11. The van der Waals surface area contributed by atoms with Gasteiger partial charge in [0.1, 0.15) is 17.2 Å². The van der Waals surface area contributed by atoms with Crippen molar-refractivity contribution in [2.45, 2.75) is 88.5 Å². The van der Waals surface area contributed by atoms with Crippen molar-refractivity contribution < 1.29 is 46.9 Å². The molecule has 2 atom stereocenters. The number of amides is 1.